The summed E-state index contributed by atoms with van der Waals surface area (Å²) in [6, 6.07) is 2.74. The summed E-state index contributed by atoms with van der Waals surface area (Å²) in [4.78, 5) is 0. The van der Waals surface area contributed by atoms with Crippen LogP contribution in [0.5, 0.6) is 0 Å². The van der Waals surface area contributed by atoms with E-state index in [4.69, 9.17) is 0 Å². The van der Waals surface area contributed by atoms with Crippen molar-refractivity contribution in [2.45, 2.75) is 94.2 Å². The van der Waals surface area contributed by atoms with Crippen molar-refractivity contribution in [1.82, 2.24) is 0 Å². The molecule has 3 aliphatic rings. The molecule has 0 nitrogen and oxygen atoms in total. The molecule has 4 bridgehead atoms. The zero-order chi connectivity index (χ0) is 19.7. The van der Waals surface area contributed by atoms with Gasteiger partial charge in [0, 0.05) is 0 Å². The van der Waals surface area contributed by atoms with Crippen molar-refractivity contribution in [3.63, 3.8) is 0 Å². The molecular formula is C24H38Cl2SiZr. The fourth-order valence-electron chi connectivity index (χ4n) is 5.67. The van der Waals surface area contributed by atoms with Gasteiger partial charge in [-0.3, -0.25) is 0 Å². The minimum absolute atomic E-state index is 0. The van der Waals surface area contributed by atoms with Crippen molar-refractivity contribution in [3.05, 3.63) is 39.2 Å². The average molecular weight is 517 g/mol. The predicted octanol–water partition coefficient (Wildman–Crippen LogP) is 1.70. The molecule has 0 atom stereocenters. The summed E-state index contributed by atoms with van der Waals surface area (Å²) >= 11 is -0.614. The van der Waals surface area contributed by atoms with E-state index in [9.17, 15) is 0 Å². The van der Waals surface area contributed by atoms with E-state index in [2.05, 4.69) is 69.2 Å². The third-order valence-electron chi connectivity index (χ3n) is 7.24. The quantitative estimate of drug-likeness (QED) is 0.490. The fourth-order valence-corrected chi connectivity index (χ4v) is 16.0. The van der Waals surface area contributed by atoms with Gasteiger partial charge in [0.05, 0.1) is 0 Å². The van der Waals surface area contributed by atoms with E-state index in [1.165, 1.54) is 24.9 Å². The van der Waals surface area contributed by atoms with Crippen LogP contribution in [0.25, 0.3) is 0 Å². The average Bonchev–Trinajstić information content (AvgIpc) is 3.05. The van der Waals surface area contributed by atoms with Crippen molar-refractivity contribution >= 4 is 8.07 Å². The van der Waals surface area contributed by atoms with E-state index in [0.717, 1.165) is 0 Å². The topological polar surface area (TPSA) is 0 Å². The maximum absolute atomic E-state index is 2.51. The molecule has 156 valence electrons. The molecule has 0 unspecified atom stereocenters. The summed E-state index contributed by atoms with van der Waals surface area (Å²) in [6.07, 6.45) is 2.64. The largest absolute Gasteiger partial charge is 1.00 e. The molecule has 0 fully saturated rings. The van der Waals surface area contributed by atoms with Crippen molar-refractivity contribution in [3.8, 4) is 0 Å². The van der Waals surface area contributed by atoms with Gasteiger partial charge in [0.2, 0.25) is 0 Å². The molecule has 0 aromatic heterocycles. The Kier molecular flexibility index (Phi) is 8.23. The molecule has 0 amide bonds. The first kappa shape index (κ1) is 26.7. The van der Waals surface area contributed by atoms with Gasteiger partial charge in [-0.2, -0.15) is 0 Å². The second-order valence-electron chi connectivity index (χ2n) is 10.7. The van der Waals surface area contributed by atoms with Gasteiger partial charge in [-0.15, -0.1) is 0 Å². The Hall–Kier alpha value is 0.640. The monoisotopic (exact) mass is 514 g/mol. The molecule has 0 spiro atoms. The molecule has 1 aliphatic heterocycles. The summed E-state index contributed by atoms with van der Waals surface area (Å²) in [5, 5.41) is 3.81. The number of allylic oxidation sites excluding steroid dienone is 8. The van der Waals surface area contributed by atoms with E-state index < -0.39 is 31.3 Å². The Balaban J connectivity index is 0.00000196. The molecule has 4 heteroatoms. The van der Waals surface area contributed by atoms with Crippen LogP contribution in [0.15, 0.2) is 39.2 Å². The minimum atomic E-state index is -1.69. The molecule has 2 aliphatic carbocycles. The number of rotatable bonds is 2. The van der Waals surface area contributed by atoms with Crippen LogP contribution in [0.2, 0.25) is 12.1 Å². The predicted molar refractivity (Wildman–Crippen MR) is 114 cm³/mol. The SMILES string of the molecule is CC[Si]1(CC)C2=C(C(C)(C)C)C[C](=C2C)[Zr+2][C]2=C(C)C1=C(C(C)(C)C)C2.[Cl-].[Cl-]. The molecule has 3 rings (SSSR count). The first-order valence-electron chi connectivity index (χ1n) is 10.5. The van der Waals surface area contributed by atoms with Crippen LogP contribution in [-0.2, 0) is 23.2 Å². The van der Waals surface area contributed by atoms with E-state index in [-0.39, 0.29) is 24.8 Å². The summed E-state index contributed by atoms with van der Waals surface area (Å²) < 4.78 is 3.83. The summed E-state index contributed by atoms with van der Waals surface area (Å²) in [5.74, 6) is 0. The summed E-state index contributed by atoms with van der Waals surface area (Å²) in [7, 11) is -1.69. The Morgan fingerprint density at radius 2 is 1.04 bits per heavy atom. The molecule has 0 saturated carbocycles. The van der Waals surface area contributed by atoms with Gasteiger partial charge in [0.15, 0.2) is 0 Å². The zero-order valence-electron chi connectivity index (χ0n) is 19.6. The molecule has 0 saturated heterocycles. The van der Waals surface area contributed by atoms with Crippen LogP contribution in [0.4, 0.5) is 0 Å². The van der Waals surface area contributed by atoms with Crippen molar-refractivity contribution < 1.29 is 48.0 Å². The van der Waals surface area contributed by atoms with Crippen molar-refractivity contribution in [2.24, 2.45) is 10.8 Å². The van der Waals surface area contributed by atoms with Gasteiger partial charge in [0.1, 0.15) is 0 Å². The van der Waals surface area contributed by atoms with Gasteiger partial charge in [-0.1, -0.05) is 0 Å². The molecule has 0 aromatic carbocycles. The molecule has 0 aromatic rings. The van der Waals surface area contributed by atoms with E-state index in [1.807, 2.05) is 28.1 Å². The van der Waals surface area contributed by atoms with Crippen LogP contribution in [-0.4, -0.2) is 8.07 Å². The maximum atomic E-state index is 2.51. The summed E-state index contributed by atoms with van der Waals surface area (Å²) in [5.41, 5.74) is 7.81. The first-order valence-corrected chi connectivity index (χ1v) is 15.4. The normalized spacial score (nSPS) is 21.1. The second-order valence-corrected chi connectivity index (χ2v) is 18.8. The van der Waals surface area contributed by atoms with E-state index in [0.29, 0.717) is 10.8 Å². The van der Waals surface area contributed by atoms with Gasteiger partial charge in [-0.05, 0) is 0 Å². The van der Waals surface area contributed by atoms with Gasteiger partial charge < -0.3 is 24.8 Å². The van der Waals surface area contributed by atoms with Crippen molar-refractivity contribution in [1.29, 1.82) is 0 Å². The van der Waals surface area contributed by atoms with Crippen LogP contribution in [0, 0.1) is 10.8 Å². The smallest absolute Gasteiger partial charge is 1.00 e. The second kappa shape index (κ2) is 8.64. The third kappa shape index (κ3) is 3.94. The van der Waals surface area contributed by atoms with Crippen LogP contribution >= 0.6 is 0 Å². The van der Waals surface area contributed by atoms with Gasteiger partial charge in [-0.25, -0.2) is 0 Å². The molecular weight excluding hydrogens is 478 g/mol. The number of halogens is 2. The molecule has 0 radical (unpaired) electrons. The van der Waals surface area contributed by atoms with Crippen LogP contribution in [0.1, 0.15) is 82.1 Å². The number of fused-ring (bicyclic) bond motifs is 2. The minimum Gasteiger partial charge on any atom is -1.00 e. The van der Waals surface area contributed by atoms with Gasteiger partial charge in [0.25, 0.3) is 0 Å². The Labute approximate surface area is 199 Å². The molecule has 28 heavy (non-hydrogen) atoms. The zero-order valence-corrected chi connectivity index (χ0v) is 24.6. The third-order valence-corrected chi connectivity index (χ3v) is 17.1. The van der Waals surface area contributed by atoms with Crippen LogP contribution < -0.4 is 24.8 Å². The number of hydrogen-bond donors (Lipinski definition) is 0. The Morgan fingerprint density at radius 1 is 0.714 bits per heavy atom. The summed E-state index contributed by atoms with van der Waals surface area (Å²) in [6.45, 7) is 24.8. The fraction of sp³-hybridized carbons (Fsp3) is 0.667. The standard InChI is InChI=1S/C24H38Si.2ClH.Zr/c1-11-25(12-2,21-17(3)13-15-19(21)23(5,6)7)22-18(4)14-16-20(22)24(8,9)10;;;/h11-12,15-16H2,1-10H3;2*1H;/q;;;+2/p-2. The molecule has 0 N–H and O–H groups in total. The van der Waals surface area contributed by atoms with E-state index >= 15 is 0 Å². The Bertz CT molecular complexity index is 716. The first-order chi connectivity index (χ1) is 11.9. The van der Waals surface area contributed by atoms with E-state index in [1.54, 1.807) is 11.1 Å². The van der Waals surface area contributed by atoms with Crippen LogP contribution in [0.3, 0.4) is 0 Å². The number of hydrogen-bond acceptors (Lipinski definition) is 0. The van der Waals surface area contributed by atoms with Gasteiger partial charge >= 0.3 is 176 Å². The van der Waals surface area contributed by atoms with Crippen molar-refractivity contribution in [2.75, 3.05) is 0 Å². The Morgan fingerprint density at radius 3 is 1.29 bits per heavy atom. The maximum Gasteiger partial charge on any atom is -1.00 e. The molecule has 1 heterocycles.